The van der Waals surface area contributed by atoms with Crippen molar-refractivity contribution in [2.75, 3.05) is 19.6 Å². The molecule has 0 radical (unpaired) electrons. The number of nitrogens with one attached hydrogen (secondary N) is 2. The summed E-state index contributed by atoms with van der Waals surface area (Å²) in [6.45, 7) is 14.1. The summed E-state index contributed by atoms with van der Waals surface area (Å²) in [5.41, 5.74) is 0.995. The van der Waals surface area contributed by atoms with Crippen molar-refractivity contribution in [1.29, 1.82) is 0 Å². The van der Waals surface area contributed by atoms with Crippen LogP contribution in [0.5, 0.6) is 0 Å². The van der Waals surface area contributed by atoms with Gasteiger partial charge in [-0.3, -0.25) is 4.90 Å². The zero-order valence-electron chi connectivity index (χ0n) is 15.1. The lowest BCUT2D eigenvalue weighted by Gasteiger charge is -2.30. The van der Waals surface area contributed by atoms with Crippen molar-refractivity contribution in [1.82, 2.24) is 15.5 Å². The number of halogens is 1. The molecule has 0 bridgehead atoms. The van der Waals surface area contributed by atoms with Gasteiger partial charge in [0.05, 0.1) is 6.54 Å². The molecule has 1 aromatic carbocycles. The standard InChI is InChI=1S/C18H31FN4/c1-6-20-18(21-11-12-23(14(2)3)15(4)5)22-13-16-7-9-17(19)10-8-16/h7-10,14-15H,6,11-13H2,1-5H3,(H2,20,21,22). The lowest BCUT2D eigenvalue weighted by atomic mass is 10.2. The maximum atomic E-state index is 12.9. The molecule has 0 saturated carbocycles. The molecule has 23 heavy (non-hydrogen) atoms. The SMILES string of the molecule is CCNC(=NCc1ccc(F)cc1)NCCN(C(C)C)C(C)C. The van der Waals surface area contributed by atoms with Crippen LogP contribution in [0.15, 0.2) is 29.3 Å². The summed E-state index contributed by atoms with van der Waals surface area (Å²) in [6.07, 6.45) is 0. The average molecular weight is 322 g/mol. The largest absolute Gasteiger partial charge is 0.357 e. The van der Waals surface area contributed by atoms with Crippen LogP contribution in [0.4, 0.5) is 4.39 Å². The van der Waals surface area contributed by atoms with E-state index in [-0.39, 0.29) is 5.82 Å². The molecule has 0 aromatic heterocycles. The molecular formula is C18H31FN4. The third-order valence-electron chi connectivity index (χ3n) is 3.67. The van der Waals surface area contributed by atoms with Gasteiger partial charge >= 0.3 is 0 Å². The first kappa shape index (κ1) is 19.4. The van der Waals surface area contributed by atoms with Gasteiger partial charge in [-0.1, -0.05) is 12.1 Å². The summed E-state index contributed by atoms with van der Waals surface area (Å²) < 4.78 is 12.9. The topological polar surface area (TPSA) is 39.7 Å². The Bertz CT molecular complexity index is 460. The molecule has 0 aliphatic rings. The van der Waals surface area contributed by atoms with E-state index >= 15 is 0 Å². The van der Waals surface area contributed by atoms with Crippen molar-refractivity contribution in [3.63, 3.8) is 0 Å². The molecule has 0 spiro atoms. The van der Waals surface area contributed by atoms with E-state index in [1.54, 1.807) is 12.1 Å². The predicted molar refractivity (Wildman–Crippen MR) is 96.2 cm³/mol. The smallest absolute Gasteiger partial charge is 0.191 e. The van der Waals surface area contributed by atoms with Gasteiger partial charge in [-0.2, -0.15) is 0 Å². The second kappa shape index (κ2) is 10.2. The van der Waals surface area contributed by atoms with Gasteiger partial charge in [0.25, 0.3) is 0 Å². The monoisotopic (exact) mass is 322 g/mol. The van der Waals surface area contributed by atoms with Gasteiger partial charge in [-0.05, 0) is 52.3 Å². The number of hydrogen-bond donors (Lipinski definition) is 2. The van der Waals surface area contributed by atoms with E-state index in [1.165, 1.54) is 12.1 Å². The van der Waals surface area contributed by atoms with Crippen molar-refractivity contribution in [3.8, 4) is 0 Å². The van der Waals surface area contributed by atoms with Crippen LogP contribution >= 0.6 is 0 Å². The molecule has 4 nitrogen and oxygen atoms in total. The Kier molecular flexibility index (Phi) is 8.62. The molecule has 0 aliphatic heterocycles. The fourth-order valence-corrected chi connectivity index (χ4v) is 2.52. The maximum Gasteiger partial charge on any atom is 0.191 e. The minimum absolute atomic E-state index is 0.217. The number of benzene rings is 1. The summed E-state index contributed by atoms with van der Waals surface area (Å²) in [7, 11) is 0. The van der Waals surface area contributed by atoms with Crippen LogP contribution in [-0.2, 0) is 6.54 Å². The highest BCUT2D eigenvalue weighted by Gasteiger charge is 2.12. The number of guanidine groups is 1. The second-order valence-corrected chi connectivity index (χ2v) is 6.17. The van der Waals surface area contributed by atoms with E-state index in [9.17, 15) is 4.39 Å². The summed E-state index contributed by atoms with van der Waals surface area (Å²) in [5.74, 6) is 0.578. The Labute approximate surface area is 140 Å². The van der Waals surface area contributed by atoms with Crippen molar-refractivity contribution >= 4 is 5.96 Å². The Morgan fingerprint density at radius 3 is 2.22 bits per heavy atom. The molecule has 0 unspecified atom stereocenters. The third-order valence-corrected chi connectivity index (χ3v) is 3.67. The van der Waals surface area contributed by atoms with E-state index in [1.807, 2.05) is 6.92 Å². The van der Waals surface area contributed by atoms with E-state index in [2.05, 4.69) is 48.2 Å². The van der Waals surface area contributed by atoms with Crippen LogP contribution in [0.1, 0.15) is 40.2 Å². The molecule has 0 saturated heterocycles. The van der Waals surface area contributed by atoms with Gasteiger partial charge < -0.3 is 10.6 Å². The van der Waals surface area contributed by atoms with Gasteiger partial charge in [-0.15, -0.1) is 0 Å². The van der Waals surface area contributed by atoms with Crippen LogP contribution in [-0.4, -0.2) is 42.6 Å². The first-order valence-electron chi connectivity index (χ1n) is 8.46. The lowest BCUT2D eigenvalue weighted by Crippen LogP contribution is -2.45. The van der Waals surface area contributed by atoms with Crippen LogP contribution in [0.3, 0.4) is 0 Å². The molecule has 2 N–H and O–H groups in total. The highest BCUT2D eigenvalue weighted by atomic mass is 19.1. The molecule has 130 valence electrons. The minimum Gasteiger partial charge on any atom is -0.357 e. The molecular weight excluding hydrogens is 291 g/mol. The van der Waals surface area contributed by atoms with E-state index in [0.717, 1.165) is 31.2 Å². The van der Waals surface area contributed by atoms with Gasteiger partial charge in [0.2, 0.25) is 0 Å². The Morgan fingerprint density at radius 2 is 1.70 bits per heavy atom. The quantitative estimate of drug-likeness (QED) is 0.571. The van der Waals surface area contributed by atoms with Gasteiger partial charge in [-0.25, -0.2) is 9.38 Å². The second-order valence-electron chi connectivity index (χ2n) is 6.17. The minimum atomic E-state index is -0.217. The van der Waals surface area contributed by atoms with Crippen LogP contribution in [0, 0.1) is 5.82 Å². The average Bonchev–Trinajstić information content (AvgIpc) is 2.49. The number of nitrogens with zero attached hydrogens (tertiary/aromatic N) is 2. The Balaban J connectivity index is 2.53. The highest BCUT2D eigenvalue weighted by Crippen LogP contribution is 2.04. The van der Waals surface area contributed by atoms with E-state index < -0.39 is 0 Å². The molecule has 0 aliphatic carbocycles. The first-order chi connectivity index (χ1) is 10.9. The zero-order valence-corrected chi connectivity index (χ0v) is 15.1. The third kappa shape index (κ3) is 7.46. The van der Waals surface area contributed by atoms with Gasteiger partial charge in [0.1, 0.15) is 5.82 Å². The highest BCUT2D eigenvalue weighted by molar-refractivity contribution is 5.79. The summed E-state index contributed by atoms with van der Waals surface area (Å²) in [6, 6.07) is 7.51. The molecule has 0 fully saturated rings. The van der Waals surface area contributed by atoms with Crippen LogP contribution in [0.2, 0.25) is 0 Å². The first-order valence-corrected chi connectivity index (χ1v) is 8.46. The molecule has 0 amide bonds. The Morgan fingerprint density at radius 1 is 1.09 bits per heavy atom. The van der Waals surface area contributed by atoms with Crippen molar-refractivity contribution in [2.45, 2.75) is 53.2 Å². The van der Waals surface area contributed by atoms with Crippen molar-refractivity contribution in [3.05, 3.63) is 35.6 Å². The fraction of sp³-hybridized carbons (Fsp3) is 0.611. The van der Waals surface area contributed by atoms with Crippen LogP contribution in [0.25, 0.3) is 0 Å². The zero-order chi connectivity index (χ0) is 17.2. The number of hydrogen-bond acceptors (Lipinski definition) is 2. The molecule has 0 atom stereocenters. The van der Waals surface area contributed by atoms with Crippen molar-refractivity contribution in [2.24, 2.45) is 4.99 Å². The van der Waals surface area contributed by atoms with E-state index in [4.69, 9.17) is 0 Å². The number of rotatable bonds is 8. The van der Waals surface area contributed by atoms with Crippen LogP contribution < -0.4 is 10.6 Å². The molecule has 5 heteroatoms. The summed E-state index contributed by atoms with van der Waals surface area (Å²) in [5, 5.41) is 6.61. The number of aliphatic imine (C=N–C) groups is 1. The molecule has 1 aromatic rings. The van der Waals surface area contributed by atoms with Gasteiger partial charge in [0, 0.05) is 31.7 Å². The van der Waals surface area contributed by atoms with Gasteiger partial charge in [0.15, 0.2) is 5.96 Å². The summed E-state index contributed by atoms with van der Waals surface area (Å²) >= 11 is 0. The predicted octanol–water partition coefficient (Wildman–Crippen LogP) is 3.00. The fourth-order valence-electron chi connectivity index (χ4n) is 2.52. The Hall–Kier alpha value is -1.62. The normalized spacial score (nSPS) is 12.3. The lowest BCUT2D eigenvalue weighted by molar-refractivity contribution is 0.178. The molecule has 0 heterocycles. The summed E-state index contributed by atoms with van der Waals surface area (Å²) in [4.78, 5) is 6.99. The molecule has 1 rings (SSSR count). The van der Waals surface area contributed by atoms with E-state index in [0.29, 0.717) is 18.6 Å². The van der Waals surface area contributed by atoms with Crippen molar-refractivity contribution < 1.29 is 4.39 Å². The maximum absolute atomic E-state index is 12.9.